The van der Waals surface area contributed by atoms with E-state index in [4.69, 9.17) is 18.9 Å². The summed E-state index contributed by atoms with van der Waals surface area (Å²) in [5, 5.41) is 0. The van der Waals surface area contributed by atoms with Gasteiger partial charge < -0.3 is 18.9 Å². The first kappa shape index (κ1) is 22.0. The standard InChI is InChI=1S/C28H27NO5/c1-17-8-10-19(11-9-17)14-29-15-21-23(33-16-29)12-18(2)25-26(30)24(34-28(21)25)13-20-6-5-7-22(31-3)27(20)32-4/h5-13H,14-16H2,1-4H3/b24-13-. The third-order valence-electron chi connectivity index (χ3n) is 6.23. The van der Waals surface area contributed by atoms with Gasteiger partial charge in [-0.1, -0.05) is 42.0 Å². The number of para-hydroxylation sites is 1. The fraction of sp³-hybridized carbons (Fsp3) is 0.250. The molecule has 0 unspecified atom stereocenters. The Morgan fingerprint density at radius 3 is 2.59 bits per heavy atom. The number of ether oxygens (including phenoxy) is 4. The molecule has 6 nitrogen and oxygen atoms in total. The van der Waals surface area contributed by atoms with E-state index in [-0.39, 0.29) is 11.5 Å². The number of carbonyl (C=O) groups excluding carboxylic acids is 1. The van der Waals surface area contributed by atoms with Gasteiger partial charge in [0.25, 0.3) is 0 Å². The molecule has 0 atom stereocenters. The fourth-order valence-corrected chi connectivity index (χ4v) is 4.50. The molecule has 0 radical (unpaired) electrons. The van der Waals surface area contributed by atoms with Crippen molar-refractivity contribution in [2.75, 3.05) is 21.0 Å². The maximum absolute atomic E-state index is 13.3. The summed E-state index contributed by atoms with van der Waals surface area (Å²) in [4.78, 5) is 15.5. The molecular weight excluding hydrogens is 430 g/mol. The lowest BCUT2D eigenvalue weighted by atomic mass is 9.98. The second kappa shape index (κ2) is 8.88. The molecule has 2 aliphatic heterocycles. The molecule has 3 aromatic carbocycles. The van der Waals surface area contributed by atoms with E-state index in [1.807, 2.05) is 31.2 Å². The Labute approximate surface area is 199 Å². The number of nitrogens with zero attached hydrogens (tertiary/aromatic N) is 1. The van der Waals surface area contributed by atoms with E-state index in [0.717, 1.165) is 23.4 Å². The van der Waals surface area contributed by atoms with Crippen LogP contribution >= 0.6 is 0 Å². The number of hydrogen-bond donors (Lipinski definition) is 0. The molecule has 0 amide bonds. The van der Waals surface area contributed by atoms with Gasteiger partial charge in [0.15, 0.2) is 17.3 Å². The largest absolute Gasteiger partial charge is 0.493 e. The van der Waals surface area contributed by atoms with Crippen molar-refractivity contribution in [3.8, 4) is 23.0 Å². The zero-order valence-corrected chi connectivity index (χ0v) is 19.8. The Morgan fingerprint density at radius 2 is 1.85 bits per heavy atom. The van der Waals surface area contributed by atoms with E-state index in [1.165, 1.54) is 11.1 Å². The number of allylic oxidation sites excluding steroid dienone is 1. The van der Waals surface area contributed by atoms with E-state index in [0.29, 0.717) is 41.7 Å². The molecule has 6 heteroatoms. The van der Waals surface area contributed by atoms with Crippen LogP contribution in [0.4, 0.5) is 0 Å². The molecule has 34 heavy (non-hydrogen) atoms. The Bertz CT molecular complexity index is 1290. The van der Waals surface area contributed by atoms with Crippen LogP contribution in [0.5, 0.6) is 23.0 Å². The van der Waals surface area contributed by atoms with Gasteiger partial charge in [0.1, 0.15) is 18.2 Å². The maximum atomic E-state index is 13.3. The second-order valence-corrected chi connectivity index (χ2v) is 8.64. The predicted octanol–water partition coefficient (Wildman–Crippen LogP) is 5.29. The smallest absolute Gasteiger partial charge is 0.232 e. The van der Waals surface area contributed by atoms with Gasteiger partial charge in [-0.2, -0.15) is 0 Å². The van der Waals surface area contributed by atoms with Gasteiger partial charge >= 0.3 is 0 Å². The summed E-state index contributed by atoms with van der Waals surface area (Å²) in [6.45, 7) is 5.86. The van der Waals surface area contributed by atoms with Crippen molar-refractivity contribution in [1.29, 1.82) is 0 Å². The Balaban J connectivity index is 1.47. The first-order chi connectivity index (χ1) is 16.5. The lowest BCUT2D eigenvalue weighted by molar-refractivity contribution is 0.0872. The highest BCUT2D eigenvalue weighted by atomic mass is 16.5. The highest BCUT2D eigenvalue weighted by molar-refractivity contribution is 6.16. The molecule has 0 aromatic heterocycles. The molecule has 3 aromatic rings. The van der Waals surface area contributed by atoms with Crippen molar-refractivity contribution in [3.63, 3.8) is 0 Å². The monoisotopic (exact) mass is 457 g/mol. The Kier molecular flexibility index (Phi) is 5.75. The van der Waals surface area contributed by atoms with Crippen molar-refractivity contribution in [2.24, 2.45) is 0 Å². The number of Topliss-reactive ketones (excluding diaryl/α,β-unsaturated/α-hetero) is 1. The lowest BCUT2D eigenvalue weighted by Crippen LogP contribution is -2.31. The van der Waals surface area contributed by atoms with Gasteiger partial charge in [-0.3, -0.25) is 9.69 Å². The molecule has 2 heterocycles. The lowest BCUT2D eigenvalue weighted by Gasteiger charge is -2.30. The topological polar surface area (TPSA) is 57.2 Å². The first-order valence-corrected chi connectivity index (χ1v) is 11.2. The molecule has 0 saturated carbocycles. The summed E-state index contributed by atoms with van der Waals surface area (Å²) in [6, 6.07) is 16.0. The van der Waals surface area contributed by atoms with Gasteiger partial charge in [-0.15, -0.1) is 0 Å². The molecule has 174 valence electrons. The molecular formula is C28H27NO5. The number of ketones is 1. The minimum Gasteiger partial charge on any atom is -0.493 e. The highest BCUT2D eigenvalue weighted by Crippen LogP contribution is 2.44. The number of carbonyl (C=O) groups is 1. The van der Waals surface area contributed by atoms with Crippen molar-refractivity contribution >= 4 is 11.9 Å². The van der Waals surface area contributed by atoms with Gasteiger partial charge in [0.2, 0.25) is 5.78 Å². The van der Waals surface area contributed by atoms with E-state index >= 15 is 0 Å². The number of methoxy groups -OCH3 is 2. The van der Waals surface area contributed by atoms with Gasteiger partial charge in [0, 0.05) is 18.7 Å². The van der Waals surface area contributed by atoms with Gasteiger partial charge in [0.05, 0.1) is 25.3 Å². The molecule has 0 spiro atoms. The number of fused-ring (bicyclic) bond motifs is 3. The normalized spacial score (nSPS) is 16.0. The summed E-state index contributed by atoms with van der Waals surface area (Å²) in [5.74, 6) is 2.61. The third kappa shape index (κ3) is 3.90. The SMILES string of the molecule is COc1cccc(/C=C2\Oc3c4c(cc(C)c3C2=O)OCN(Cc2ccc(C)cc2)C4)c1OC. The van der Waals surface area contributed by atoms with E-state index in [2.05, 4.69) is 36.1 Å². The molecule has 0 bridgehead atoms. The number of rotatable bonds is 5. The van der Waals surface area contributed by atoms with Crippen LogP contribution in [0.1, 0.15) is 38.2 Å². The molecule has 2 aliphatic rings. The average Bonchev–Trinajstić information content (AvgIpc) is 3.17. The van der Waals surface area contributed by atoms with Crippen LogP contribution in [0.2, 0.25) is 0 Å². The fourth-order valence-electron chi connectivity index (χ4n) is 4.50. The third-order valence-corrected chi connectivity index (χ3v) is 6.23. The van der Waals surface area contributed by atoms with E-state index in [1.54, 1.807) is 20.3 Å². The predicted molar refractivity (Wildman–Crippen MR) is 130 cm³/mol. The van der Waals surface area contributed by atoms with Crippen LogP contribution in [0.15, 0.2) is 54.3 Å². The minimum atomic E-state index is -0.143. The zero-order valence-electron chi connectivity index (χ0n) is 19.8. The molecule has 0 fully saturated rings. The molecule has 0 saturated heterocycles. The summed E-state index contributed by atoms with van der Waals surface area (Å²) in [7, 11) is 3.16. The van der Waals surface area contributed by atoms with Crippen molar-refractivity contribution in [2.45, 2.75) is 26.9 Å². The molecule has 0 N–H and O–H groups in total. The Hall–Kier alpha value is -3.77. The summed E-state index contributed by atoms with van der Waals surface area (Å²) < 4.78 is 23.2. The maximum Gasteiger partial charge on any atom is 0.232 e. The van der Waals surface area contributed by atoms with Crippen LogP contribution in [0, 0.1) is 13.8 Å². The summed E-state index contributed by atoms with van der Waals surface area (Å²) >= 11 is 0. The Morgan fingerprint density at radius 1 is 1.06 bits per heavy atom. The van der Waals surface area contributed by atoms with E-state index in [9.17, 15) is 4.79 Å². The summed E-state index contributed by atoms with van der Waals surface area (Å²) in [5.41, 5.74) is 5.48. The minimum absolute atomic E-state index is 0.143. The van der Waals surface area contributed by atoms with Gasteiger partial charge in [-0.25, -0.2) is 0 Å². The average molecular weight is 458 g/mol. The second-order valence-electron chi connectivity index (χ2n) is 8.64. The molecule has 0 aliphatic carbocycles. The van der Waals surface area contributed by atoms with Crippen LogP contribution in [-0.2, 0) is 13.1 Å². The number of aryl methyl sites for hydroxylation is 2. The van der Waals surface area contributed by atoms with Crippen molar-refractivity contribution < 1.29 is 23.7 Å². The summed E-state index contributed by atoms with van der Waals surface area (Å²) in [6.07, 6.45) is 1.71. The van der Waals surface area contributed by atoms with Crippen molar-refractivity contribution in [1.82, 2.24) is 4.90 Å². The quantitative estimate of drug-likeness (QED) is 0.486. The number of benzene rings is 3. The highest BCUT2D eigenvalue weighted by Gasteiger charge is 2.35. The van der Waals surface area contributed by atoms with Crippen LogP contribution in [0.25, 0.3) is 6.08 Å². The van der Waals surface area contributed by atoms with Crippen LogP contribution in [0.3, 0.4) is 0 Å². The van der Waals surface area contributed by atoms with Crippen LogP contribution < -0.4 is 18.9 Å². The van der Waals surface area contributed by atoms with Crippen molar-refractivity contribution in [3.05, 3.63) is 87.7 Å². The zero-order chi connectivity index (χ0) is 23.8. The van der Waals surface area contributed by atoms with Crippen LogP contribution in [-0.4, -0.2) is 31.6 Å². The number of hydrogen-bond acceptors (Lipinski definition) is 6. The first-order valence-electron chi connectivity index (χ1n) is 11.2. The molecule has 5 rings (SSSR count). The van der Waals surface area contributed by atoms with Gasteiger partial charge in [-0.05, 0) is 43.2 Å². The van der Waals surface area contributed by atoms with E-state index < -0.39 is 0 Å².